The number of hydrogen-bond donors (Lipinski definition) is 1. The fourth-order valence-corrected chi connectivity index (χ4v) is 1.31. The highest BCUT2D eigenvalue weighted by molar-refractivity contribution is 5.89. The number of carbonyl (C=O) groups excluding carboxylic acids is 3. The molecule has 0 aromatic carbocycles. The second-order valence-electron chi connectivity index (χ2n) is 3.69. The van der Waals surface area contributed by atoms with Crippen LogP contribution < -0.4 is 5.32 Å². The van der Waals surface area contributed by atoms with E-state index in [0.29, 0.717) is 6.54 Å². The van der Waals surface area contributed by atoms with Crippen molar-refractivity contribution in [1.82, 2.24) is 10.2 Å². The first kappa shape index (κ1) is 13.0. The third-order valence-corrected chi connectivity index (χ3v) is 2.17. The minimum Gasteiger partial charge on any atom is -0.463 e. The van der Waals surface area contributed by atoms with Crippen LogP contribution in [0, 0.1) is 11.3 Å². The first-order chi connectivity index (χ1) is 7.95. The summed E-state index contributed by atoms with van der Waals surface area (Å²) in [5.41, 5.74) is 0. The highest BCUT2D eigenvalue weighted by Gasteiger charge is 2.42. The van der Waals surface area contributed by atoms with Gasteiger partial charge in [0.05, 0.1) is 12.6 Å². The molecule has 0 radical (unpaired) electrons. The van der Waals surface area contributed by atoms with E-state index >= 15 is 0 Å². The molecule has 0 aromatic rings. The second-order valence-corrected chi connectivity index (χ2v) is 3.69. The number of nitriles is 1. The largest absolute Gasteiger partial charge is 0.463 e. The molecule has 2 amide bonds. The van der Waals surface area contributed by atoms with Gasteiger partial charge in [0.2, 0.25) is 11.8 Å². The van der Waals surface area contributed by atoms with E-state index in [0.717, 1.165) is 0 Å². The fraction of sp³-hybridized carbons (Fsp3) is 0.600. The summed E-state index contributed by atoms with van der Waals surface area (Å²) in [4.78, 5) is 34.7. The molecule has 0 bridgehead atoms. The molecule has 17 heavy (non-hydrogen) atoms. The van der Waals surface area contributed by atoms with Crippen molar-refractivity contribution >= 4 is 17.8 Å². The number of ether oxygens (including phenoxy) is 1. The molecule has 1 aliphatic heterocycles. The van der Waals surface area contributed by atoms with Gasteiger partial charge in [-0.05, 0) is 0 Å². The molecule has 2 atom stereocenters. The Balaban J connectivity index is 2.56. The molecule has 1 saturated heterocycles. The van der Waals surface area contributed by atoms with Crippen LogP contribution in [0.25, 0.3) is 0 Å². The zero-order chi connectivity index (χ0) is 13.0. The van der Waals surface area contributed by atoms with Gasteiger partial charge in [-0.15, -0.1) is 0 Å². The number of nitrogens with one attached hydrogen (secondary N) is 1. The first-order valence-corrected chi connectivity index (χ1v) is 5.06. The van der Waals surface area contributed by atoms with E-state index in [-0.39, 0.29) is 6.61 Å². The van der Waals surface area contributed by atoms with Crippen molar-refractivity contribution in [3.63, 3.8) is 0 Å². The van der Waals surface area contributed by atoms with Crippen molar-refractivity contribution in [3.8, 4) is 6.07 Å². The molecule has 0 spiro atoms. The van der Waals surface area contributed by atoms with E-state index in [1.54, 1.807) is 0 Å². The van der Waals surface area contributed by atoms with Gasteiger partial charge in [0, 0.05) is 13.8 Å². The van der Waals surface area contributed by atoms with E-state index in [2.05, 4.69) is 10.1 Å². The minimum absolute atomic E-state index is 0.220. The summed E-state index contributed by atoms with van der Waals surface area (Å²) >= 11 is 0. The standard InChI is InChI=1S/C10H13N3O4/c1-6(14)12-9(5-17-7(2)15)10(16)13-4-8(13)3-11/h8-9H,4-5H2,1-2H3,(H,12,14). The highest BCUT2D eigenvalue weighted by Crippen LogP contribution is 2.17. The van der Waals surface area contributed by atoms with Crippen molar-refractivity contribution < 1.29 is 19.1 Å². The lowest BCUT2D eigenvalue weighted by Gasteiger charge is -2.16. The molecule has 1 fully saturated rings. The van der Waals surface area contributed by atoms with Crippen molar-refractivity contribution in [2.24, 2.45) is 0 Å². The number of hydrogen-bond acceptors (Lipinski definition) is 5. The summed E-state index contributed by atoms with van der Waals surface area (Å²) in [7, 11) is 0. The lowest BCUT2D eigenvalue weighted by Crippen LogP contribution is -2.46. The van der Waals surface area contributed by atoms with Gasteiger partial charge in [0.15, 0.2) is 0 Å². The van der Waals surface area contributed by atoms with Gasteiger partial charge in [-0.25, -0.2) is 0 Å². The number of rotatable bonds is 4. The van der Waals surface area contributed by atoms with Crippen LogP contribution in [0.3, 0.4) is 0 Å². The summed E-state index contributed by atoms with van der Waals surface area (Å²) in [6.45, 7) is 2.61. The predicted molar refractivity (Wildman–Crippen MR) is 55.4 cm³/mol. The smallest absolute Gasteiger partial charge is 0.302 e. The predicted octanol–water partition coefficient (Wildman–Crippen LogP) is -1.21. The molecule has 1 heterocycles. The molecular formula is C10H13N3O4. The third-order valence-electron chi connectivity index (χ3n) is 2.17. The van der Waals surface area contributed by atoms with Crippen LogP contribution >= 0.6 is 0 Å². The molecule has 2 unspecified atom stereocenters. The van der Waals surface area contributed by atoms with Crippen LogP contribution in [0.2, 0.25) is 0 Å². The fourth-order valence-electron chi connectivity index (χ4n) is 1.31. The normalized spacial score (nSPS) is 18.9. The molecule has 7 heteroatoms. The maximum atomic E-state index is 11.8. The summed E-state index contributed by atoms with van der Waals surface area (Å²) in [6, 6.07) is 0.572. The van der Waals surface area contributed by atoms with Crippen molar-refractivity contribution in [3.05, 3.63) is 0 Å². The van der Waals surface area contributed by atoms with E-state index in [1.165, 1.54) is 18.7 Å². The Labute approximate surface area is 98.3 Å². The van der Waals surface area contributed by atoms with Gasteiger partial charge in [0.1, 0.15) is 18.7 Å². The van der Waals surface area contributed by atoms with E-state index in [9.17, 15) is 14.4 Å². The quantitative estimate of drug-likeness (QED) is 0.490. The summed E-state index contributed by atoms with van der Waals surface area (Å²) < 4.78 is 4.69. The Hall–Kier alpha value is -2.10. The van der Waals surface area contributed by atoms with E-state index < -0.39 is 29.9 Å². The van der Waals surface area contributed by atoms with Gasteiger partial charge in [-0.2, -0.15) is 5.26 Å². The lowest BCUT2D eigenvalue weighted by molar-refractivity contribution is -0.144. The average Bonchev–Trinajstić information content (AvgIpc) is 3.01. The van der Waals surface area contributed by atoms with E-state index in [4.69, 9.17) is 5.26 Å². The zero-order valence-corrected chi connectivity index (χ0v) is 9.60. The Bertz CT molecular complexity index is 388. The average molecular weight is 239 g/mol. The topological polar surface area (TPSA) is 99.3 Å². The minimum atomic E-state index is -0.922. The molecule has 1 aliphatic rings. The van der Waals surface area contributed by atoms with Gasteiger partial charge < -0.3 is 15.0 Å². The maximum Gasteiger partial charge on any atom is 0.302 e. The van der Waals surface area contributed by atoms with E-state index in [1.807, 2.05) is 6.07 Å². The van der Waals surface area contributed by atoms with Gasteiger partial charge in [-0.3, -0.25) is 14.4 Å². The lowest BCUT2D eigenvalue weighted by atomic mass is 10.3. The zero-order valence-electron chi connectivity index (χ0n) is 9.60. The summed E-state index contributed by atoms with van der Waals surface area (Å²) in [6.07, 6.45) is 0. The summed E-state index contributed by atoms with van der Waals surface area (Å²) in [5, 5.41) is 11.0. The third kappa shape index (κ3) is 3.75. The molecule has 1 rings (SSSR count). The molecule has 0 aromatic heterocycles. The number of amides is 2. The molecule has 0 aliphatic carbocycles. The van der Waals surface area contributed by atoms with Crippen LogP contribution in [0.5, 0.6) is 0 Å². The number of esters is 1. The maximum absolute atomic E-state index is 11.8. The van der Waals surface area contributed by atoms with Crippen LogP contribution in [0.15, 0.2) is 0 Å². The van der Waals surface area contributed by atoms with Crippen LogP contribution in [0.1, 0.15) is 13.8 Å². The number of carbonyl (C=O) groups is 3. The Morgan fingerprint density at radius 3 is 2.59 bits per heavy atom. The van der Waals surface area contributed by atoms with Gasteiger partial charge >= 0.3 is 5.97 Å². The Morgan fingerprint density at radius 1 is 1.53 bits per heavy atom. The van der Waals surface area contributed by atoms with Gasteiger partial charge in [0.25, 0.3) is 0 Å². The molecular weight excluding hydrogens is 226 g/mol. The first-order valence-electron chi connectivity index (χ1n) is 5.06. The molecule has 92 valence electrons. The Kier molecular flexibility index (Phi) is 4.04. The molecule has 0 saturated carbocycles. The van der Waals surface area contributed by atoms with Crippen LogP contribution in [-0.4, -0.2) is 47.9 Å². The van der Waals surface area contributed by atoms with Crippen LogP contribution in [-0.2, 0) is 19.1 Å². The van der Waals surface area contributed by atoms with Crippen molar-refractivity contribution in [2.75, 3.05) is 13.2 Å². The van der Waals surface area contributed by atoms with Crippen LogP contribution in [0.4, 0.5) is 0 Å². The SMILES string of the molecule is CC(=O)NC(COC(C)=O)C(=O)N1CC1C#N. The van der Waals surface area contributed by atoms with Crippen molar-refractivity contribution in [1.29, 1.82) is 5.26 Å². The Morgan fingerprint density at radius 2 is 2.18 bits per heavy atom. The second kappa shape index (κ2) is 5.30. The van der Waals surface area contributed by atoms with Gasteiger partial charge in [-0.1, -0.05) is 0 Å². The summed E-state index contributed by atoms with van der Waals surface area (Å²) in [5.74, 6) is -1.34. The monoisotopic (exact) mass is 239 g/mol. The number of nitrogens with zero attached hydrogens (tertiary/aromatic N) is 2. The highest BCUT2D eigenvalue weighted by atomic mass is 16.5. The van der Waals surface area contributed by atoms with Crippen molar-refractivity contribution in [2.45, 2.75) is 25.9 Å². The molecule has 1 N–H and O–H groups in total. The molecule has 7 nitrogen and oxygen atoms in total.